The molecule has 0 spiro atoms. The van der Waals surface area contributed by atoms with Gasteiger partial charge in [-0.1, -0.05) is 22.6 Å². The van der Waals surface area contributed by atoms with Crippen molar-refractivity contribution in [2.24, 2.45) is 5.84 Å². The molecule has 3 heteroatoms. The van der Waals surface area contributed by atoms with E-state index in [4.69, 9.17) is 5.84 Å². The maximum atomic E-state index is 4.88. The molecular formula is C2H7IN2. The van der Waals surface area contributed by atoms with Gasteiger partial charge in [-0.3, -0.25) is 11.3 Å². The van der Waals surface area contributed by atoms with Crippen molar-refractivity contribution in [2.75, 3.05) is 11.0 Å². The van der Waals surface area contributed by atoms with E-state index < -0.39 is 0 Å². The van der Waals surface area contributed by atoms with Crippen LogP contribution in [0, 0.1) is 0 Å². The minimum atomic E-state index is 0.903. The first-order valence-corrected chi connectivity index (χ1v) is 2.94. The molecule has 0 saturated heterocycles. The Balaban J connectivity index is 2.19. The summed E-state index contributed by atoms with van der Waals surface area (Å²) in [5.74, 6) is 4.88. The monoisotopic (exact) mass is 186 g/mol. The highest BCUT2D eigenvalue weighted by Gasteiger charge is 1.66. The van der Waals surface area contributed by atoms with E-state index in [1.807, 2.05) is 0 Å². The number of nitrogens with two attached hydrogens (primary N) is 1. The second-order valence-electron chi connectivity index (χ2n) is 0.643. The Labute approximate surface area is 45.2 Å². The van der Waals surface area contributed by atoms with Crippen LogP contribution in [-0.2, 0) is 0 Å². The molecule has 5 heavy (non-hydrogen) atoms. The van der Waals surface area contributed by atoms with E-state index in [9.17, 15) is 0 Å². The van der Waals surface area contributed by atoms with Gasteiger partial charge in [0.2, 0.25) is 0 Å². The van der Waals surface area contributed by atoms with Gasteiger partial charge in [-0.2, -0.15) is 0 Å². The largest absolute Gasteiger partial charge is 0.271 e. The Kier molecular flexibility index (Phi) is 5.25. The van der Waals surface area contributed by atoms with Crippen LogP contribution < -0.4 is 11.3 Å². The van der Waals surface area contributed by atoms with E-state index in [1.165, 1.54) is 0 Å². The van der Waals surface area contributed by atoms with Crippen molar-refractivity contribution in [3.05, 3.63) is 0 Å². The summed E-state index contributed by atoms with van der Waals surface area (Å²) in [5.41, 5.74) is 2.51. The normalized spacial score (nSPS) is 8.40. The zero-order valence-corrected chi connectivity index (χ0v) is 5.03. The lowest BCUT2D eigenvalue weighted by Crippen LogP contribution is -2.23. The summed E-state index contributed by atoms with van der Waals surface area (Å²) in [6.45, 7) is 0.903. The summed E-state index contributed by atoms with van der Waals surface area (Å²) in [7, 11) is 0. The number of nitrogens with one attached hydrogen (secondary N) is 1. The molecule has 0 amide bonds. The highest BCUT2D eigenvalue weighted by molar-refractivity contribution is 14.1. The van der Waals surface area contributed by atoms with Gasteiger partial charge in [-0.25, -0.2) is 0 Å². The zero-order valence-electron chi connectivity index (χ0n) is 2.87. The third kappa shape index (κ3) is 4.65. The van der Waals surface area contributed by atoms with Crippen LogP contribution >= 0.6 is 22.6 Å². The number of alkyl halides is 1. The van der Waals surface area contributed by atoms with E-state index >= 15 is 0 Å². The average Bonchev–Trinajstić information content (AvgIpc) is 1.41. The molecule has 0 saturated carbocycles. The van der Waals surface area contributed by atoms with Gasteiger partial charge in [-0.05, 0) is 0 Å². The summed E-state index contributed by atoms with van der Waals surface area (Å²) >= 11 is 2.24. The minimum absolute atomic E-state index is 0.903. The quantitative estimate of drug-likeness (QED) is 0.273. The minimum Gasteiger partial charge on any atom is -0.271 e. The number of hydrazine groups is 1. The SMILES string of the molecule is NNCCI. The molecule has 32 valence electrons. The molecule has 0 aliphatic carbocycles. The van der Waals surface area contributed by atoms with E-state index in [2.05, 4.69) is 28.0 Å². The van der Waals surface area contributed by atoms with Crippen molar-refractivity contribution < 1.29 is 0 Å². The summed E-state index contributed by atoms with van der Waals surface area (Å²) < 4.78 is 1.08. The molecule has 0 aromatic heterocycles. The summed E-state index contributed by atoms with van der Waals surface area (Å²) in [6.07, 6.45) is 0. The smallest absolute Gasteiger partial charge is 0.0187 e. The van der Waals surface area contributed by atoms with Crippen LogP contribution in [0.25, 0.3) is 0 Å². The van der Waals surface area contributed by atoms with Crippen LogP contribution in [0.4, 0.5) is 0 Å². The molecule has 0 unspecified atom stereocenters. The molecule has 0 heterocycles. The maximum absolute atomic E-state index is 4.88. The number of hydrogen-bond acceptors (Lipinski definition) is 2. The van der Waals surface area contributed by atoms with Crippen molar-refractivity contribution >= 4 is 22.6 Å². The lowest BCUT2D eigenvalue weighted by Gasteiger charge is -1.83. The molecule has 0 aromatic carbocycles. The van der Waals surface area contributed by atoms with Crippen molar-refractivity contribution in [2.45, 2.75) is 0 Å². The van der Waals surface area contributed by atoms with Crippen molar-refractivity contribution in [3.63, 3.8) is 0 Å². The van der Waals surface area contributed by atoms with Gasteiger partial charge in [0.05, 0.1) is 0 Å². The van der Waals surface area contributed by atoms with Crippen LogP contribution in [0.1, 0.15) is 0 Å². The molecule has 0 aliphatic heterocycles. The highest BCUT2D eigenvalue weighted by atomic mass is 127. The Morgan fingerprint density at radius 3 is 2.40 bits per heavy atom. The molecule has 3 N–H and O–H groups in total. The van der Waals surface area contributed by atoms with Crippen LogP contribution in [0.3, 0.4) is 0 Å². The van der Waals surface area contributed by atoms with Gasteiger partial charge < -0.3 is 0 Å². The predicted octanol–water partition coefficient (Wildman–Crippen LogP) is -0.115. The zero-order chi connectivity index (χ0) is 4.12. The first-order chi connectivity index (χ1) is 2.41. The second kappa shape index (κ2) is 4.65. The van der Waals surface area contributed by atoms with Gasteiger partial charge >= 0.3 is 0 Å². The fraction of sp³-hybridized carbons (Fsp3) is 1.00. The van der Waals surface area contributed by atoms with Crippen molar-refractivity contribution in [1.29, 1.82) is 0 Å². The van der Waals surface area contributed by atoms with Gasteiger partial charge in [-0.15, -0.1) is 0 Å². The lowest BCUT2D eigenvalue weighted by molar-refractivity contribution is 0.793. The third-order valence-corrected chi connectivity index (χ3v) is 0.778. The first kappa shape index (κ1) is 5.65. The Hall–Kier alpha value is 0.650. The van der Waals surface area contributed by atoms with E-state index in [0.717, 1.165) is 11.0 Å². The predicted molar refractivity (Wildman–Crippen MR) is 31.1 cm³/mol. The molecule has 0 aliphatic rings. The fourth-order valence-corrected chi connectivity index (χ4v) is 0.366. The van der Waals surface area contributed by atoms with E-state index in [1.54, 1.807) is 0 Å². The summed E-state index contributed by atoms with van der Waals surface area (Å²) in [4.78, 5) is 0. The Morgan fingerprint density at radius 1 is 1.80 bits per heavy atom. The van der Waals surface area contributed by atoms with Gasteiger partial charge in [0.1, 0.15) is 0 Å². The second-order valence-corrected chi connectivity index (χ2v) is 1.72. The molecule has 0 rings (SSSR count). The molecule has 0 aromatic rings. The van der Waals surface area contributed by atoms with Crippen molar-refractivity contribution in [3.8, 4) is 0 Å². The highest BCUT2D eigenvalue weighted by Crippen LogP contribution is 1.71. The van der Waals surface area contributed by atoms with Crippen LogP contribution in [0.2, 0.25) is 0 Å². The van der Waals surface area contributed by atoms with Crippen molar-refractivity contribution in [1.82, 2.24) is 5.43 Å². The molecule has 0 bridgehead atoms. The summed E-state index contributed by atoms with van der Waals surface area (Å²) in [5, 5.41) is 0. The number of halogens is 1. The topological polar surface area (TPSA) is 38.0 Å². The van der Waals surface area contributed by atoms with Gasteiger partial charge in [0.25, 0.3) is 0 Å². The van der Waals surface area contributed by atoms with E-state index in [-0.39, 0.29) is 0 Å². The number of rotatable bonds is 2. The fourth-order valence-electron chi connectivity index (χ4n) is 0.0546. The Bertz CT molecular complexity index is 15.1. The van der Waals surface area contributed by atoms with Gasteiger partial charge in [0, 0.05) is 11.0 Å². The molecule has 0 fully saturated rings. The van der Waals surface area contributed by atoms with Crippen LogP contribution in [-0.4, -0.2) is 11.0 Å². The standard InChI is InChI=1S/C2H7IN2/c3-1-2-5-4/h5H,1-2,4H2. The van der Waals surface area contributed by atoms with Crippen LogP contribution in [0.5, 0.6) is 0 Å². The Morgan fingerprint density at radius 2 is 2.40 bits per heavy atom. The molecule has 0 atom stereocenters. The first-order valence-electron chi connectivity index (χ1n) is 1.41. The van der Waals surface area contributed by atoms with E-state index in [0.29, 0.717) is 0 Å². The molecule has 2 nitrogen and oxygen atoms in total. The third-order valence-electron chi connectivity index (χ3n) is 0.239. The molecular weight excluding hydrogens is 179 g/mol. The average molecular weight is 186 g/mol. The van der Waals surface area contributed by atoms with Crippen LogP contribution in [0.15, 0.2) is 0 Å². The number of hydrogen-bond donors (Lipinski definition) is 2. The molecule has 0 radical (unpaired) electrons. The van der Waals surface area contributed by atoms with Gasteiger partial charge in [0.15, 0.2) is 0 Å². The lowest BCUT2D eigenvalue weighted by atomic mass is 10.8. The summed E-state index contributed by atoms with van der Waals surface area (Å²) in [6, 6.07) is 0. The maximum Gasteiger partial charge on any atom is 0.0187 e.